The van der Waals surface area contributed by atoms with E-state index in [9.17, 15) is 9.59 Å². The fourth-order valence-electron chi connectivity index (χ4n) is 2.89. The Balaban J connectivity index is 1.80. The maximum Gasteiger partial charge on any atom is 0.276 e. The molecule has 0 unspecified atom stereocenters. The highest BCUT2D eigenvalue weighted by molar-refractivity contribution is 6.11. The smallest absolute Gasteiger partial charge is 0.276 e. The predicted molar refractivity (Wildman–Crippen MR) is 104 cm³/mol. The monoisotopic (exact) mass is 356 g/mol. The van der Waals surface area contributed by atoms with Gasteiger partial charge >= 0.3 is 0 Å². The summed E-state index contributed by atoms with van der Waals surface area (Å²) in [5.74, 6) is -0.388. The van der Waals surface area contributed by atoms with Gasteiger partial charge in [0, 0.05) is 11.6 Å². The van der Waals surface area contributed by atoms with Gasteiger partial charge in [0.1, 0.15) is 0 Å². The number of nitrogens with zero attached hydrogens (tertiary/aromatic N) is 3. The normalized spacial score (nSPS) is 10.7. The molecule has 1 amide bonds. The molecule has 0 bridgehead atoms. The molecule has 1 N–H and O–H groups in total. The second-order valence-electron chi connectivity index (χ2n) is 6.04. The van der Waals surface area contributed by atoms with Crippen LogP contribution in [-0.4, -0.2) is 20.7 Å². The van der Waals surface area contributed by atoms with Crippen LogP contribution in [0.3, 0.4) is 0 Å². The van der Waals surface area contributed by atoms with Gasteiger partial charge in [0.25, 0.3) is 11.5 Å². The molecule has 132 valence electrons. The molecule has 4 aromatic rings. The van der Waals surface area contributed by atoms with E-state index in [-0.39, 0.29) is 23.7 Å². The zero-order valence-electron chi connectivity index (χ0n) is 14.4. The van der Waals surface area contributed by atoms with Crippen LogP contribution >= 0.6 is 0 Å². The average Bonchev–Trinajstić information content (AvgIpc) is 2.71. The third-order valence-corrected chi connectivity index (χ3v) is 4.18. The topological polar surface area (TPSA) is 76.9 Å². The number of fused-ring (bicyclic) bond motifs is 1. The number of anilines is 1. The number of hydrogen-bond acceptors (Lipinski definition) is 4. The summed E-state index contributed by atoms with van der Waals surface area (Å²) in [5.41, 5.74) is 1.47. The Kier molecular flexibility index (Phi) is 4.45. The lowest BCUT2D eigenvalue weighted by Gasteiger charge is -2.11. The number of carbonyl (C=O) groups is 1. The van der Waals surface area contributed by atoms with Crippen LogP contribution in [0.5, 0.6) is 0 Å². The van der Waals surface area contributed by atoms with Crippen molar-refractivity contribution in [2.45, 2.75) is 6.54 Å². The van der Waals surface area contributed by atoms with Gasteiger partial charge in [-0.05, 0) is 23.8 Å². The van der Waals surface area contributed by atoms with Crippen molar-refractivity contribution >= 4 is 22.4 Å². The van der Waals surface area contributed by atoms with Crippen LogP contribution in [-0.2, 0) is 6.54 Å². The summed E-state index contributed by atoms with van der Waals surface area (Å²) < 4.78 is 1.33. The summed E-state index contributed by atoms with van der Waals surface area (Å²) in [7, 11) is 0. The number of benzene rings is 2. The first-order chi connectivity index (χ1) is 13.2. The summed E-state index contributed by atoms with van der Waals surface area (Å²) in [6.45, 7) is 0.289. The van der Waals surface area contributed by atoms with Crippen molar-refractivity contribution < 1.29 is 4.79 Å². The van der Waals surface area contributed by atoms with Crippen LogP contribution in [0.2, 0.25) is 0 Å². The molecule has 0 spiro atoms. The molecule has 0 radical (unpaired) electrons. The quantitative estimate of drug-likeness (QED) is 0.610. The van der Waals surface area contributed by atoms with Gasteiger partial charge < -0.3 is 5.32 Å². The fourth-order valence-corrected chi connectivity index (χ4v) is 2.89. The second-order valence-corrected chi connectivity index (χ2v) is 6.04. The molecule has 27 heavy (non-hydrogen) atoms. The van der Waals surface area contributed by atoms with Gasteiger partial charge in [-0.15, -0.1) is 0 Å². The number of hydrogen-bond donors (Lipinski definition) is 1. The lowest BCUT2D eigenvalue weighted by molar-refractivity contribution is 0.102. The molecule has 0 fully saturated rings. The molecule has 2 aromatic carbocycles. The minimum Gasteiger partial charge on any atom is -0.319 e. The van der Waals surface area contributed by atoms with E-state index in [4.69, 9.17) is 0 Å². The number of amides is 1. The average molecular weight is 356 g/mol. The zero-order chi connectivity index (χ0) is 18.6. The maximum atomic E-state index is 12.8. The van der Waals surface area contributed by atoms with Crippen molar-refractivity contribution in [1.29, 1.82) is 0 Å². The molecule has 2 heterocycles. The Morgan fingerprint density at radius 2 is 1.67 bits per heavy atom. The molecule has 4 rings (SSSR count). The van der Waals surface area contributed by atoms with Crippen LogP contribution < -0.4 is 10.9 Å². The molecule has 6 nitrogen and oxygen atoms in total. The molecule has 0 aliphatic rings. The van der Waals surface area contributed by atoms with E-state index in [1.807, 2.05) is 30.3 Å². The van der Waals surface area contributed by atoms with E-state index in [2.05, 4.69) is 15.4 Å². The first kappa shape index (κ1) is 16.7. The molecule has 0 atom stereocenters. The highest BCUT2D eigenvalue weighted by Gasteiger charge is 2.17. The second kappa shape index (κ2) is 7.21. The Labute approximate surface area is 155 Å². The van der Waals surface area contributed by atoms with Crippen LogP contribution in [0.4, 0.5) is 5.69 Å². The summed E-state index contributed by atoms with van der Waals surface area (Å²) >= 11 is 0. The number of pyridine rings is 1. The minimum atomic E-state index is -0.388. The Morgan fingerprint density at radius 3 is 2.41 bits per heavy atom. The first-order valence-electron chi connectivity index (χ1n) is 8.47. The van der Waals surface area contributed by atoms with Crippen molar-refractivity contribution in [2.75, 3.05) is 5.32 Å². The minimum absolute atomic E-state index is 0.199. The Hall–Kier alpha value is -3.80. The standard InChI is InChI=1S/C21H16N4O2/c26-20(23-16-9-6-12-22-13-16)19-17-10-4-5-11-18(17)21(27)25(24-19)14-15-7-2-1-3-8-15/h1-13H,14H2,(H,23,26). The maximum absolute atomic E-state index is 12.8. The first-order valence-corrected chi connectivity index (χ1v) is 8.47. The molecule has 6 heteroatoms. The molecular weight excluding hydrogens is 340 g/mol. The molecule has 0 saturated heterocycles. The molecular formula is C21H16N4O2. The van der Waals surface area contributed by atoms with Crippen LogP contribution in [0.1, 0.15) is 16.1 Å². The summed E-state index contributed by atoms with van der Waals surface area (Å²) in [5, 5.41) is 8.12. The summed E-state index contributed by atoms with van der Waals surface area (Å²) in [6, 6.07) is 20.0. The molecule has 0 aliphatic carbocycles. The molecule has 0 aliphatic heterocycles. The lowest BCUT2D eigenvalue weighted by Crippen LogP contribution is -2.28. The predicted octanol–water partition coefficient (Wildman–Crippen LogP) is 3.09. The number of rotatable bonds is 4. The van der Waals surface area contributed by atoms with Crippen molar-refractivity contribution in [2.24, 2.45) is 0 Å². The third-order valence-electron chi connectivity index (χ3n) is 4.18. The van der Waals surface area contributed by atoms with Gasteiger partial charge in [-0.3, -0.25) is 14.6 Å². The molecule has 2 aromatic heterocycles. The van der Waals surface area contributed by atoms with Crippen molar-refractivity contribution in [3.05, 3.63) is 101 Å². The van der Waals surface area contributed by atoms with E-state index >= 15 is 0 Å². The Morgan fingerprint density at radius 1 is 0.926 bits per heavy atom. The van der Waals surface area contributed by atoms with Crippen molar-refractivity contribution in [3.63, 3.8) is 0 Å². The van der Waals surface area contributed by atoms with E-state index in [0.717, 1.165) is 5.56 Å². The van der Waals surface area contributed by atoms with Crippen LogP contribution in [0, 0.1) is 0 Å². The van der Waals surface area contributed by atoms with E-state index < -0.39 is 0 Å². The van der Waals surface area contributed by atoms with Crippen LogP contribution in [0.25, 0.3) is 10.8 Å². The fraction of sp³-hybridized carbons (Fsp3) is 0.0476. The highest BCUT2D eigenvalue weighted by atomic mass is 16.2. The van der Waals surface area contributed by atoms with Gasteiger partial charge in [-0.25, -0.2) is 4.68 Å². The van der Waals surface area contributed by atoms with E-state index in [0.29, 0.717) is 16.5 Å². The largest absolute Gasteiger partial charge is 0.319 e. The van der Waals surface area contributed by atoms with E-state index in [1.165, 1.54) is 4.68 Å². The van der Waals surface area contributed by atoms with E-state index in [1.54, 1.807) is 48.8 Å². The summed E-state index contributed by atoms with van der Waals surface area (Å²) in [4.78, 5) is 29.6. The molecule has 0 saturated carbocycles. The third kappa shape index (κ3) is 3.46. The SMILES string of the molecule is O=C(Nc1cccnc1)c1nn(Cc2ccccc2)c(=O)c2ccccc12. The lowest BCUT2D eigenvalue weighted by atomic mass is 10.1. The van der Waals surface area contributed by atoms with Gasteiger partial charge in [-0.2, -0.15) is 5.10 Å². The number of nitrogens with one attached hydrogen (secondary N) is 1. The number of carbonyl (C=O) groups excluding carboxylic acids is 1. The van der Waals surface area contributed by atoms with Crippen molar-refractivity contribution in [1.82, 2.24) is 14.8 Å². The zero-order valence-corrected chi connectivity index (χ0v) is 14.4. The van der Waals surface area contributed by atoms with Gasteiger partial charge in [0.2, 0.25) is 0 Å². The van der Waals surface area contributed by atoms with Crippen LogP contribution in [0.15, 0.2) is 83.9 Å². The van der Waals surface area contributed by atoms with Crippen molar-refractivity contribution in [3.8, 4) is 0 Å². The number of aromatic nitrogens is 3. The van der Waals surface area contributed by atoms with Gasteiger partial charge in [0.15, 0.2) is 5.69 Å². The highest BCUT2D eigenvalue weighted by Crippen LogP contribution is 2.15. The van der Waals surface area contributed by atoms with Gasteiger partial charge in [0.05, 0.1) is 23.8 Å². The Bertz CT molecular complexity index is 1160. The van der Waals surface area contributed by atoms with Gasteiger partial charge in [-0.1, -0.05) is 48.5 Å². The summed E-state index contributed by atoms with van der Waals surface area (Å²) in [6.07, 6.45) is 3.18.